The molecule has 1 aliphatic heterocycles. The van der Waals surface area contributed by atoms with Crippen molar-refractivity contribution in [3.63, 3.8) is 0 Å². The predicted molar refractivity (Wildman–Crippen MR) is 84.7 cm³/mol. The van der Waals surface area contributed by atoms with Gasteiger partial charge in [0.15, 0.2) is 12.4 Å². The fraction of sp³-hybridized carbons (Fsp3) is 0.529. The fourth-order valence-corrected chi connectivity index (χ4v) is 2.73. The first kappa shape index (κ1) is 18.4. The summed E-state index contributed by atoms with van der Waals surface area (Å²) in [5.41, 5.74) is 0.952. The van der Waals surface area contributed by atoms with Gasteiger partial charge in [0.05, 0.1) is 12.7 Å². The van der Waals surface area contributed by atoms with E-state index in [1.807, 2.05) is 30.3 Å². The number of benzene rings is 1. The van der Waals surface area contributed by atoms with Gasteiger partial charge in [-0.15, -0.1) is 0 Å². The predicted octanol–water partition coefficient (Wildman–Crippen LogP) is 0.745. The maximum absolute atomic E-state index is 11.5. The lowest BCUT2D eigenvalue weighted by atomic mass is 9.96. The molecule has 132 valence electrons. The van der Waals surface area contributed by atoms with Crippen LogP contribution in [0.25, 0.3) is 0 Å². The van der Waals surface area contributed by atoms with Gasteiger partial charge >= 0.3 is 5.97 Å². The Labute approximate surface area is 140 Å². The molecule has 0 aliphatic carbocycles. The first-order valence-corrected chi connectivity index (χ1v) is 7.82. The van der Waals surface area contributed by atoms with Crippen molar-refractivity contribution in [2.45, 2.75) is 58.0 Å². The highest BCUT2D eigenvalue weighted by molar-refractivity contribution is 5.73. The Bertz CT molecular complexity index is 563. The molecule has 0 radical (unpaired) electrons. The lowest BCUT2D eigenvalue weighted by Crippen LogP contribution is -2.64. The second kappa shape index (κ2) is 8.23. The monoisotopic (exact) mass is 337 g/mol. The van der Waals surface area contributed by atoms with E-state index in [9.17, 15) is 14.7 Å². The Morgan fingerprint density at radius 2 is 1.88 bits per heavy atom. The van der Waals surface area contributed by atoms with E-state index in [-0.39, 0.29) is 5.91 Å². The van der Waals surface area contributed by atoms with E-state index >= 15 is 0 Å². The number of esters is 1. The highest BCUT2D eigenvalue weighted by Gasteiger charge is 2.47. The summed E-state index contributed by atoms with van der Waals surface area (Å²) < 4.78 is 16.7. The van der Waals surface area contributed by atoms with Crippen molar-refractivity contribution >= 4 is 11.9 Å². The average molecular weight is 337 g/mol. The van der Waals surface area contributed by atoms with E-state index in [4.69, 9.17) is 14.2 Å². The number of amides is 1. The topological polar surface area (TPSA) is 94.1 Å². The molecule has 1 aliphatic rings. The largest absolute Gasteiger partial charge is 0.457 e. The molecule has 1 amide bonds. The third-order valence-electron chi connectivity index (χ3n) is 3.76. The van der Waals surface area contributed by atoms with Crippen LogP contribution in [0, 0.1) is 0 Å². The van der Waals surface area contributed by atoms with Crippen LogP contribution in [-0.4, -0.2) is 47.6 Å². The quantitative estimate of drug-likeness (QED) is 0.770. The van der Waals surface area contributed by atoms with Crippen LogP contribution in [0.15, 0.2) is 30.3 Å². The van der Waals surface area contributed by atoms with Crippen molar-refractivity contribution in [1.29, 1.82) is 0 Å². The zero-order valence-electron chi connectivity index (χ0n) is 14.0. The Kier molecular flexibility index (Phi) is 6.30. The van der Waals surface area contributed by atoms with Gasteiger partial charge in [-0.1, -0.05) is 30.3 Å². The molecule has 2 N–H and O–H groups in total. The van der Waals surface area contributed by atoms with Crippen LogP contribution >= 0.6 is 0 Å². The number of ether oxygens (including phenoxy) is 3. The molecule has 7 nitrogen and oxygen atoms in total. The van der Waals surface area contributed by atoms with E-state index in [1.54, 1.807) is 6.92 Å². The van der Waals surface area contributed by atoms with Gasteiger partial charge in [-0.25, -0.2) is 0 Å². The fourth-order valence-electron chi connectivity index (χ4n) is 2.73. The first-order valence-electron chi connectivity index (χ1n) is 7.82. The van der Waals surface area contributed by atoms with Gasteiger partial charge in [0.2, 0.25) is 5.91 Å². The maximum atomic E-state index is 11.5. The van der Waals surface area contributed by atoms with Crippen molar-refractivity contribution in [2.24, 2.45) is 0 Å². The average Bonchev–Trinajstić information content (AvgIpc) is 2.51. The summed E-state index contributed by atoms with van der Waals surface area (Å²) in [7, 11) is 0. The maximum Gasteiger partial charge on any atom is 0.303 e. The van der Waals surface area contributed by atoms with Gasteiger partial charge in [0.25, 0.3) is 0 Å². The first-order chi connectivity index (χ1) is 11.4. The molecule has 7 heteroatoms. The summed E-state index contributed by atoms with van der Waals surface area (Å²) in [4.78, 5) is 22.9. The Balaban J connectivity index is 2.16. The summed E-state index contributed by atoms with van der Waals surface area (Å²) in [6.45, 7) is 4.60. The third-order valence-corrected chi connectivity index (χ3v) is 3.76. The number of aliphatic hydroxyl groups excluding tert-OH is 1. The summed E-state index contributed by atoms with van der Waals surface area (Å²) >= 11 is 0. The van der Waals surface area contributed by atoms with E-state index in [2.05, 4.69) is 5.32 Å². The van der Waals surface area contributed by atoms with E-state index in [1.165, 1.54) is 13.8 Å². The van der Waals surface area contributed by atoms with Crippen molar-refractivity contribution in [2.75, 3.05) is 0 Å². The minimum atomic E-state index is -1.29. The van der Waals surface area contributed by atoms with Crippen LogP contribution in [0.5, 0.6) is 0 Å². The summed E-state index contributed by atoms with van der Waals surface area (Å²) in [6, 6.07) is 8.62. The number of aliphatic hydroxyl groups is 1. The smallest absolute Gasteiger partial charge is 0.303 e. The summed E-state index contributed by atoms with van der Waals surface area (Å²) in [5, 5.41) is 12.7. The van der Waals surface area contributed by atoms with Crippen LogP contribution in [0.1, 0.15) is 26.3 Å². The van der Waals surface area contributed by atoms with Crippen LogP contribution < -0.4 is 5.32 Å². The second-order valence-corrected chi connectivity index (χ2v) is 5.79. The van der Waals surface area contributed by atoms with Gasteiger partial charge in [-0.05, 0) is 12.5 Å². The van der Waals surface area contributed by atoms with Gasteiger partial charge in [-0.3, -0.25) is 9.59 Å². The van der Waals surface area contributed by atoms with Gasteiger partial charge < -0.3 is 24.6 Å². The van der Waals surface area contributed by atoms with Crippen molar-refractivity contribution in [1.82, 2.24) is 5.32 Å². The number of nitrogens with one attached hydrogen (secondary N) is 1. The minimum Gasteiger partial charge on any atom is -0.457 e. The highest BCUT2D eigenvalue weighted by Crippen LogP contribution is 2.26. The lowest BCUT2D eigenvalue weighted by Gasteiger charge is -2.43. The van der Waals surface area contributed by atoms with Crippen LogP contribution in [-0.2, 0) is 30.4 Å². The van der Waals surface area contributed by atoms with Gasteiger partial charge in [-0.2, -0.15) is 0 Å². The molecule has 0 bridgehead atoms. The Morgan fingerprint density at radius 1 is 1.21 bits per heavy atom. The molecule has 0 aromatic heterocycles. The van der Waals surface area contributed by atoms with Crippen molar-refractivity contribution in [3.8, 4) is 0 Å². The number of hydrogen-bond acceptors (Lipinski definition) is 6. The molecule has 1 fully saturated rings. The molecule has 5 atom stereocenters. The molecule has 1 saturated heterocycles. The van der Waals surface area contributed by atoms with Crippen molar-refractivity contribution < 1.29 is 28.9 Å². The standard InChI is InChI=1S/C17H23NO6/c1-10-15(22-9-13-7-5-4-6-8-13)16(24-12(3)20)14(17(21)23-10)18-11(2)19/h4-8,10,14-17,21H,9H2,1-3H3,(H,18,19)/t10-,14-,15-,16-,17+/m1/s1. The van der Waals surface area contributed by atoms with Gasteiger partial charge in [0, 0.05) is 13.8 Å². The van der Waals surface area contributed by atoms with Crippen molar-refractivity contribution in [3.05, 3.63) is 35.9 Å². The molecule has 0 unspecified atom stereocenters. The van der Waals surface area contributed by atoms with Crippen LogP contribution in [0.2, 0.25) is 0 Å². The Hall–Kier alpha value is -1.96. The molecule has 0 saturated carbocycles. The molecule has 1 aromatic carbocycles. The molecular weight excluding hydrogens is 314 g/mol. The molecule has 2 rings (SSSR count). The Morgan fingerprint density at radius 3 is 2.46 bits per heavy atom. The normalized spacial score (nSPS) is 29.8. The van der Waals surface area contributed by atoms with Crippen LogP contribution in [0.3, 0.4) is 0 Å². The molecule has 1 heterocycles. The summed E-state index contributed by atoms with van der Waals surface area (Å²) in [6.07, 6.45) is -3.29. The molecule has 0 spiro atoms. The zero-order chi connectivity index (χ0) is 17.7. The number of carbonyl (C=O) groups excluding carboxylic acids is 2. The van der Waals surface area contributed by atoms with E-state index in [0.29, 0.717) is 6.61 Å². The second-order valence-electron chi connectivity index (χ2n) is 5.79. The molecule has 1 aromatic rings. The molecular formula is C17H23NO6. The number of carbonyl (C=O) groups is 2. The van der Waals surface area contributed by atoms with E-state index < -0.39 is 36.6 Å². The minimum absolute atomic E-state index is 0.292. The van der Waals surface area contributed by atoms with E-state index in [0.717, 1.165) is 5.56 Å². The number of rotatable bonds is 5. The molecule has 24 heavy (non-hydrogen) atoms. The number of hydrogen-bond donors (Lipinski definition) is 2. The van der Waals surface area contributed by atoms with Crippen LogP contribution in [0.4, 0.5) is 0 Å². The SMILES string of the molecule is CC(=O)N[C@@H]1[C@@H](OC(C)=O)[C@H](OCc2ccccc2)[C@@H](C)O[C@@H]1O. The lowest BCUT2D eigenvalue weighted by molar-refractivity contribution is -0.259. The summed E-state index contributed by atoms with van der Waals surface area (Å²) in [5.74, 6) is -0.888. The zero-order valence-corrected chi connectivity index (χ0v) is 14.0. The van der Waals surface area contributed by atoms with Gasteiger partial charge in [0.1, 0.15) is 12.1 Å². The highest BCUT2D eigenvalue weighted by atomic mass is 16.6. The third kappa shape index (κ3) is 4.77.